The van der Waals surface area contributed by atoms with Gasteiger partial charge in [0.2, 0.25) is 0 Å². The molecule has 2 amide bonds. The number of benzene rings is 3. The third-order valence-electron chi connectivity index (χ3n) is 5.99. The van der Waals surface area contributed by atoms with Gasteiger partial charge >= 0.3 is 0 Å². The van der Waals surface area contributed by atoms with Crippen molar-refractivity contribution in [3.05, 3.63) is 101 Å². The van der Waals surface area contributed by atoms with Gasteiger partial charge in [-0.15, -0.1) is 0 Å². The summed E-state index contributed by atoms with van der Waals surface area (Å²) < 4.78 is 5.48. The topological polar surface area (TPSA) is 90.6 Å². The number of rotatable bonds is 7. The lowest BCUT2D eigenvalue weighted by molar-refractivity contribution is -0.0748. The van der Waals surface area contributed by atoms with Crippen LogP contribution in [0.15, 0.2) is 78.9 Å². The highest BCUT2D eigenvalue weighted by atomic mass is 16.5. The van der Waals surface area contributed by atoms with Gasteiger partial charge in [-0.2, -0.15) is 0 Å². The van der Waals surface area contributed by atoms with E-state index in [1.165, 1.54) is 0 Å². The van der Waals surface area contributed by atoms with Crippen molar-refractivity contribution in [2.24, 2.45) is 0 Å². The van der Waals surface area contributed by atoms with Crippen LogP contribution < -0.4 is 5.32 Å². The van der Waals surface area contributed by atoms with Gasteiger partial charge in [0.15, 0.2) is 0 Å². The van der Waals surface area contributed by atoms with E-state index in [1.807, 2.05) is 59.6 Å². The van der Waals surface area contributed by atoms with Crippen LogP contribution in [-0.4, -0.2) is 58.1 Å². The van der Waals surface area contributed by atoms with E-state index in [1.54, 1.807) is 29.3 Å². The molecular weight excluding hydrogens is 442 g/mol. The molecule has 0 aliphatic carbocycles. The molecule has 1 aliphatic rings. The number of fused-ring (bicyclic) bond motifs is 1. The molecule has 0 atom stereocenters. The molecular formula is C27H27N5O3. The normalized spacial score (nSPS) is 14.1. The summed E-state index contributed by atoms with van der Waals surface area (Å²) in [4.78, 5) is 34.1. The van der Waals surface area contributed by atoms with Gasteiger partial charge in [0, 0.05) is 30.8 Å². The summed E-state index contributed by atoms with van der Waals surface area (Å²) in [6.45, 7) is 3.11. The van der Waals surface area contributed by atoms with E-state index in [0.717, 1.165) is 16.6 Å². The number of nitrogens with zero attached hydrogens (tertiary/aromatic N) is 3. The van der Waals surface area contributed by atoms with Crippen LogP contribution in [0.25, 0.3) is 11.0 Å². The lowest BCUT2D eigenvalue weighted by Gasteiger charge is -2.36. The van der Waals surface area contributed by atoms with Gasteiger partial charge in [0.05, 0.1) is 30.8 Å². The lowest BCUT2D eigenvalue weighted by Crippen LogP contribution is -2.51. The minimum Gasteiger partial charge on any atom is -0.379 e. The Labute approximate surface area is 203 Å². The highest BCUT2D eigenvalue weighted by molar-refractivity contribution is 5.97. The number of hydrazine groups is 1. The van der Waals surface area contributed by atoms with Gasteiger partial charge < -0.3 is 15.0 Å². The number of amides is 2. The number of carbonyl (C=O) groups excluding carboxylic acids is 2. The van der Waals surface area contributed by atoms with Crippen molar-refractivity contribution >= 4 is 22.8 Å². The second kappa shape index (κ2) is 10.5. The molecule has 178 valence electrons. The van der Waals surface area contributed by atoms with Crippen LogP contribution in [0.1, 0.15) is 32.1 Å². The van der Waals surface area contributed by atoms with Gasteiger partial charge in [-0.05, 0) is 42.0 Å². The highest BCUT2D eigenvalue weighted by Crippen LogP contribution is 2.17. The maximum atomic E-state index is 13.6. The summed E-state index contributed by atoms with van der Waals surface area (Å²) in [6.07, 6.45) is 0. The molecule has 2 N–H and O–H groups in total. The molecule has 0 radical (unpaired) electrons. The third-order valence-corrected chi connectivity index (χ3v) is 5.99. The number of carbonyl (C=O) groups is 2. The number of nitrogens with one attached hydrogen (secondary N) is 2. The maximum Gasteiger partial charge on any atom is 0.268 e. The first-order valence-corrected chi connectivity index (χ1v) is 11.7. The van der Waals surface area contributed by atoms with Gasteiger partial charge in [0.1, 0.15) is 5.82 Å². The quantitative estimate of drug-likeness (QED) is 0.433. The summed E-state index contributed by atoms with van der Waals surface area (Å²) in [5.41, 5.74) is 3.84. The van der Waals surface area contributed by atoms with E-state index in [0.29, 0.717) is 56.3 Å². The Morgan fingerprint density at radius 2 is 1.60 bits per heavy atom. The van der Waals surface area contributed by atoms with E-state index >= 15 is 0 Å². The second-order valence-electron chi connectivity index (χ2n) is 8.38. The van der Waals surface area contributed by atoms with Crippen LogP contribution in [0.5, 0.6) is 0 Å². The standard InChI is InChI=1S/C27H27N5O3/c33-26(28-18-20-6-2-1-3-7-20)21-10-12-22(13-11-21)27(34)32(31-14-16-35-17-15-31)19-25-29-23-8-4-5-9-24(23)30-25/h1-13H,14-19H2,(H,28,33)(H,29,30). The Balaban J connectivity index is 1.31. The number of H-pyrrole nitrogens is 1. The van der Waals surface area contributed by atoms with Crippen molar-refractivity contribution in [2.75, 3.05) is 26.3 Å². The number of aromatic nitrogens is 2. The fourth-order valence-corrected chi connectivity index (χ4v) is 4.11. The largest absolute Gasteiger partial charge is 0.379 e. The summed E-state index contributed by atoms with van der Waals surface area (Å²) in [5.74, 6) is 0.381. The first kappa shape index (κ1) is 22.8. The van der Waals surface area contributed by atoms with Crippen LogP contribution in [0.2, 0.25) is 0 Å². The van der Waals surface area contributed by atoms with E-state index in [2.05, 4.69) is 15.3 Å². The Bertz CT molecular complexity index is 1260. The zero-order valence-corrected chi connectivity index (χ0v) is 19.3. The molecule has 0 saturated carbocycles. The van der Waals surface area contributed by atoms with Crippen molar-refractivity contribution in [3.8, 4) is 0 Å². The number of morpholine rings is 1. The molecule has 5 rings (SSSR count). The van der Waals surface area contributed by atoms with Crippen LogP contribution in [0, 0.1) is 0 Å². The van der Waals surface area contributed by atoms with Gasteiger partial charge in [0.25, 0.3) is 11.8 Å². The molecule has 1 aromatic heterocycles. The fourth-order valence-electron chi connectivity index (χ4n) is 4.11. The predicted octanol–water partition coefficient (Wildman–Crippen LogP) is 3.38. The smallest absolute Gasteiger partial charge is 0.268 e. The van der Waals surface area contributed by atoms with Gasteiger partial charge in [-0.3, -0.25) is 14.6 Å². The molecule has 1 aliphatic heterocycles. The Hall–Kier alpha value is -4.01. The molecule has 0 bridgehead atoms. The van der Waals surface area contributed by atoms with Gasteiger partial charge in [-0.1, -0.05) is 42.5 Å². The average molecular weight is 470 g/mol. The zero-order valence-electron chi connectivity index (χ0n) is 19.3. The first-order chi connectivity index (χ1) is 17.2. The monoisotopic (exact) mass is 469 g/mol. The molecule has 1 saturated heterocycles. The molecule has 0 unspecified atom stereocenters. The number of hydrogen-bond acceptors (Lipinski definition) is 5. The Kier molecular flexibility index (Phi) is 6.83. The van der Waals surface area contributed by atoms with Crippen molar-refractivity contribution in [2.45, 2.75) is 13.1 Å². The van der Waals surface area contributed by atoms with Crippen LogP contribution >= 0.6 is 0 Å². The summed E-state index contributed by atoms with van der Waals surface area (Å²) in [7, 11) is 0. The number of hydrogen-bond donors (Lipinski definition) is 2. The van der Waals surface area contributed by atoms with Crippen LogP contribution in [0.4, 0.5) is 0 Å². The predicted molar refractivity (Wildman–Crippen MR) is 132 cm³/mol. The van der Waals surface area contributed by atoms with Crippen molar-refractivity contribution < 1.29 is 14.3 Å². The average Bonchev–Trinajstić information content (AvgIpc) is 3.34. The molecule has 4 aromatic rings. The fraction of sp³-hybridized carbons (Fsp3) is 0.222. The molecule has 3 aromatic carbocycles. The minimum atomic E-state index is -0.180. The molecule has 1 fully saturated rings. The molecule has 8 heteroatoms. The van der Waals surface area contributed by atoms with E-state index in [-0.39, 0.29) is 11.8 Å². The highest BCUT2D eigenvalue weighted by Gasteiger charge is 2.26. The summed E-state index contributed by atoms with van der Waals surface area (Å²) in [6, 6.07) is 24.3. The van der Waals surface area contributed by atoms with E-state index in [4.69, 9.17) is 4.74 Å². The Morgan fingerprint density at radius 1 is 0.914 bits per heavy atom. The zero-order chi connectivity index (χ0) is 24.0. The second-order valence-corrected chi connectivity index (χ2v) is 8.38. The van der Waals surface area contributed by atoms with Crippen molar-refractivity contribution in [1.29, 1.82) is 0 Å². The molecule has 35 heavy (non-hydrogen) atoms. The van der Waals surface area contributed by atoms with Crippen LogP contribution in [0.3, 0.4) is 0 Å². The molecule has 2 heterocycles. The Morgan fingerprint density at radius 3 is 2.34 bits per heavy atom. The number of ether oxygens (including phenoxy) is 1. The summed E-state index contributed by atoms with van der Waals surface area (Å²) >= 11 is 0. The number of imidazole rings is 1. The lowest BCUT2D eigenvalue weighted by atomic mass is 10.1. The van der Waals surface area contributed by atoms with E-state index in [9.17, 15) is 9.59 Å². The number of para-hydroxylation sites is 2. The first-order valence-electron chi connectivity index (χ1n) is 11.7. The van der Waals surface area contributed by atoms with Gasteiger partial charge in [-0.25, -0.2) is 9.99 Å². The molecule has 0 spiro atoms. The summed E-state index contributed by atoms with van der Waals surface area (Å²) in [5, 5.41) is 6.63. The van der Waals surface area contributed by atoms with E-state index < -0.39 is 0 Å². The SMILES string of the molecule is O=C(NCc1ccccc1)c1ccc(C(=O)N(Cc2nc3ccccc3[nH]2)N2CCOCC2)cc1. The molecule has 8 nitrogen and oxygen atoms in total. The number of aromatic amines is 1. The minimum absolute atomic E-state index is 0.149. The third kappa shape index (κ3) is 5.40. The van der Waals surface area contributed by atoms with Crippen molar-refractivity contribution in [3.63, 3.8) is 0 Å². The maximum absolute atomic E-state index is 13.6. The van der Waals surface area contributed by atoms with Crippen molar-refractivity contribution in [1.82, 2.24) is 25.3 Å². The van der Waals surface area contributed by atoms with Crippen LogP contribution in [-0.2, 0) is 17.8 Å².